The second kappa shape index (κ2) is 1.58. The Balaban J connectivity index is 2.01. The lowest BCUT2D eigenvalue weighted by Crippen LogP contribution is -2.37. The second-order valence-electron chi connectivity index (χ2n) is 1.39. The van der Waals surface area contributed by atoms with E-state index in [0.717, 1.165) is 13.0 Å². The third kappa shape index (κ3) is 0.533. The van der Waals surface area contributed by atoms with Crippen LogP contribution in [0.4, 0.5) is 0 Å². The first-order valence-corrected chi connectivity index (χ1v) is 2.13. The van der Waals surface area contributed by atoms with Gasteiger partial charge in [0.15, 0.2) is 0 Å². The van der Waals surface area contributed by atoms with Gasteiger partial charge in [0.2, 0.25) is 0 Å². The highest BCUT2D eigenvalue weighted by Gasteiger charge is 2.15. The molecule has 0 aromatic carbocycles. The predicted molar refractivity (Wildman–Crippen MR) is 22.4 cm³/mol. The summed E-state index contributed by atoms with van der Waals surface area (Å²) in [5.74, 6) is 0. The van der Waals surface area contributed by atoms with Gasteiger partial charge in [0.05, 0.1) is 0 Å². The van der Waals surface area contributed by atoms with E-state index < -0.39 is 0 Å². The molecule has 0 aromatic heterocycles. The maximum Gasteiger partial charge on any atom is 0.124 e. The summed E-state index contributed by atoms with van der Waals surface area (Å²) in [4.78, 5) is 0. The van der Waals surface area contributed by atoms with Crippen molar-refractivity contribution in [3.8, 4) is 0 Å². The molecular weight excluding hydrogens is 78.0 g/mol. The van der Waals surface area contributed by atoms with Gasteiger partial charge in [-0.15, -0.1) is 0 Å². The summed E-state index contributed by atoms with van der Waals surface area (Å²) >= 11 is 0. The number of rotatable bonds is 1. The van der Waals surface area contributed by atoms with Crippen LogP contribution in [0.25, 0.3) is 0 Å². The van der Waals surface area contributed by atoms with Crippen molar-refractivity contribution in [2.45, 2.75) is 12.6 Å². The van der Waals surface area contributed by atoms with Crippen molar-refractivity contribution >= 4 is 0 Å². The summed E-state index contributed by atoms with van der Waals surface area (Å²) < 4.78 is 4.82. The van der Waals surface area contributed by atoms with E-state index >= 15 is 0 Å². The van der Waals surface area contributed by atoms with E-state index in [1.54, 1.807) is 7.11 Å². The first-order chi connectivity index (χ1) is 2.93. The van der Waals surface area contributed by atoms with E-state index in [9.17, 15) is 0 Å². The minimum Gasteiger partial charge on any atom is -0.365 e. The average molecular weight is 86.1 g/mol. The summed E-state index contributed by atoms with van der Waals surface area (Å²) in [6, 6.07) is 0. The molecule has 0 aliphatic carbocycles. The quantitative estimate of drug-likeness (QED) is 0.439. The molecule has 0 N–H and O–H groups in total. The van der Waals surface area contributed by atoms with Gasteiger partial charge in [-0.05, 0) is 0 Å². The SMILES string of the molecule is COC1CC[N]1. The Bertz CT molecular complexity index is 40.1. The molecule has 0 bridgehead atoms. The first-order valence-electron chi connectivity index (χ1n) is 2.13. The zero-order valence-corrected chi connectivity index (χ0v) is 3.85. The topological polar surface area (TPSA) is 23.3 Å². The van der Waals surface area contributed by atoms with Crippen LogP contribution in [-0.2, 0) is 4.74 Å². The summed E-state index contributed by atoms with van der Waals surface area (Å²) in [7, 11) is 1.69. The van der Waals surface area contributed by atoms with Crippen molar-refractivity contribution in [2.24, 2.45) is 0 Å². The molecule has 1 rings (SSSR count). The Morgan fingerprint density at radius 2 is 2.50 bits per heavy atom. The summed E-state index contributed by atoms with van der Waals surface area (Å²) in [6.07, 6.45) is 1.36. The van der Waals surface area contributed by atoms with Gasteiger partial charge in [-0.25, -0.2) is 5.32 Å². The highest BCUT2D eigenvalue weighted by atomic mass is 16.5. The second-order valence-corrected chi connectivity index (χ2v) is 1.39. The third-order valence-electron chi connectivity index (χ3n) is 0.981. The van der Waals surface area contributed by atoms with Crippen LogP contribution in [0.5, 0.6) is 0 Å². The molecule has 2 nitrogen and oxygen atoms in total. The van der Waals surface area contributed by atoms with E-state index in [0.29, 0.717) is 0 Å². The summed E-state index contributed by atoms with van der Waals surface area (Å²) in [5, 5.41) is 3.97. The van der Waals surface area contributed by atoms with Crippen LogP contribution >= 0.6 is 0 Å². The largest absolute Gasteiger partial charge is 0.365 e. The monoisotopic (exact) mass is 86.1 g/mol. The van der Waals surface area contributed by atoms with E-state index in [1.165, 1.54) is 0 Å². The fraction of sp³-hybridized carbons (Fsp3) is 1.00. The Morgan fingerprint density at radius 3 is 2.50 bits per heavy atom. The van der Waals surface area contributed by atoms with Gasteiger partial charge in [0, 0.05) is 20.1 Å². The average Bonchev–Trinajstić information content (AvgIpc) is 1.31. The highest BCUT2D eigenvalue weighted by molar-refractivity contribution is 4.65. The van der Waals surface area contributed by atoms with Gasteiger partial charge in [0.25, 0.3) is 0 Å². The fourth-order valence-electron chi connectivity index (χ4n) is 0.427. The van der Waals surface area contributed by atoms with Gasteiger partial charge in [-0.3, -0.25) is 0 Å². The minimum absolute atomic E-state index is 0.241. The smallest absolute Gasteiger partial charge is 0.124 e. The molecule has 1 heterocycles. The molecule has 0 amide bonds. The summed E-state index contributed by atoms with van der Waals surface area (Å²) in [6.45, 7) is 0.999. The normalized spacial score (nSPS) is 32.5. The standard InChI is InChI=1S/C4H8NO/c1-6-4-2-3-5-4/h4H,2-3H2,1H3. The molecule has 2 heteroatoms. The zero-order chi connectivity index (χ0) is 4.41. The van der Waals surface area contributed by atoms with Gasteiger partial charge in [0.1, 0.15) is 6.23 Å². The molecule has 1 atom stereocenters. The van der Waals surface area contributed by atoms with E-state index in [-0.39, 0.29) is 6.23 Å². The maximum absolute atomic E-state index is 4.82. The molecule has 0 spiro atoms. The van der Waals surface area contributed by atoms with Crippen molar-refractivity contribution in [1.82, 2.24) is 5.32 Å². The minimum atomic E-state index is 0.241. The lowest BCUT2D eigenvalue weighted by molar-refractivity contribution is 0.0191. The third-order valence-corrected chi connectivity index (χ3v) is 0.981. The number of nitrogens with zero attached hydrogens (tertiary/aromatic N) is 1. The maximum atomic E-state index is 4.82. The number of ether oxygens (including phenoxy) is 1. The molecule has 0 aromatic rings. The first kappa shape index (κ1) is 4.09. The van der Waals surface area contributed by atoms with Crippen LogP contribution in [0, 0.1) is 0 Å². The molecular formula is C4H8NO. The van der Waals surface area contributed by atoms with Crippen LogP contribution < -0.4 is 5.32 Å². The lowest BCUT2D eigenvalue weighted by Gasteiger charge is -2.22. The van der Waals surface area contributed by atoms with Crippen molar-refractivity contribution in [2.75, 3.05) is 13.7 Å². The Hall–Kier alpha value is -0.0800. The molecule has 1 unspecified atom stereocenters. The van der Waals surface area contributed by atoms with Crippen molar-refractivity contribution < 1.29 is 4.74 Å². The molecule has 1 aliphatic rings. The predicted octanol–water partition coefficient (Wildman–Crippen LogP) is -0.0330. The van der Waals surface area contributed by atoms with Crippen LogP contribution in [0.15, 0.2) is 0 Å². The fourth-order valence-corrected chi connectivity index (χ4v) is 0.427. The Kier molecular flexibility index (Phi) is 1.08. The Labute approximate surface area is 37.5 Å². The van der Waals surface area contributed by atoms with Crippen molar-refractivity contribution in [3.63, 3.8) is 0 Å². The molecule has 6 heavy (non-hydrogen) atoms. The van der Waals surface area contributed by atoms with E-state index in [2.05, 4.69) is 5.32 Å². The zero-order valence-electron chi connectivity index (χ0n) is 3.85. The number of hydrogen-bond acceptors (Lipinski definition) is 1. The van der Waals surface area contributed by atoms with Crippen LogP contribution in [0.2, 0.25) is 0 Å². The lowest BCUT2D eigenvalue weighted by atomic mass is 10.2. The van der Waals surface area contributed by atoms with Crippen molar-refractivity contribution in [3.05, 3.63) is 0 Å². The van der Waals surface area contributed by atoms with Gasteiger partial charge in [-0.1, -0.05) is 0 Å². The van der Waals surface area contributed by atoms with Gasteiger partial charge < -0.3 is 4.74 Å². The number of methoxy groups -OCH3 is 1. The number of hydrogen-bond donors (Lipinski definition) is 0. The molecule has 1 radical (unpaired) electrons. The summed E-state index contributed by atoms with van der Waals surface area (Å²) in [5.41, 5.74) is 0. The van der Waals surface area contributed by atoms with E-state index in [1.807, 2.05) is 0 Å². The molecule has 35 valence electrons. The van der Waals surface area contributed by atoms with Crippen LogP contribution in [0.3, 0.4) is 0 Å². The van der Waals surface area contributed by atoms with Gasteiger partial charge in [-0.2, -0.15) is 0 Å². The molecule has 1 aliphatic heterocycles. The highest BCUT2D eigenvalue weighted by Crippen LogP contribution is 2.02. The molecule has 0 saturated carbocycles. The van der Waals surface area contributed by atoms with Crippen molar-refractivity contribution in [1.29, 1.82) is 0 Å². The van der Waals surface area contributed by atoms with E-state index in [4.69, 9.17) is 4.74 Å². The molecule has 1 fully saturated rings. The van der Waals surface area contributed by atoms with Crippen LogP contribution in [0.1, 0.15) is 6.42 Å². The molecule has 1 saturated heterocycles. The van der Waals surface area contributed by atoms with Gasteiger partial charge >= 0.3 is 0 Å². The van der Waals surface area contributed by atoms with Crippen LogP contribution in [-0.4, -0.2) is 19.9 Å². The Morgan fingerprint density at radius 1 is 1.83 bits per heavy atom.